The molecule has 1 aromatic carbocycles. The molecule has 0 spiro atoms. The van der Waals surface area contributed by atoms with Crippen molar-refractivity contribution < 1.29 is 9.90 Å². The number of hydrogen-bond acceptors (Lipinski definition) is 3. The van der Waals surface area contributed by atoms with Crippen molar-refractivity contribution in [3.8, 4) is 0 Å². The van der Waals surface area contributed by atoms with Gasteiger partial charge in [-0.3, -0.25) is 4.79 Å². The number of anilines is 1. The highest BCUT2D eigenvalue weighted by atomic mass is 16.3. The molecule has 1 saturated carbocycles. The van der Waals surface area contributed by atoms with E-state index in [0.717, 1.165) is 25.7 Å². The van der Waals surface area contributed by atoms with E-state index in [9.17, 15) is 9.90 Å². The fraction of sp³-hybridized carbons (Fsp3) is 0.588. The number of aryl methyl sites for hydroxylation is 1. The summed E-state index contributed by atoms with van der Waals surface area (Å²) in [5.41, 5.74) is 1.36. The van der Waals surface area contributed by atoms with E-state index in [4.69, 9.17) is 0 Å². The standard InChI is InChI=1S/C17H26N2O2/c1-19(2)15-9-7-14(8-10-15)6-5-13-18-16(20)17(21)11-3-4-12-17/h7-10,21H,3-6,11-13H2,1-2H3,(H,18,20). The monoisotopic (exact) mass is 290 g/mol. The second kappa shape index (κ2) is 6.94. The van der Waals surface area contributed by atoms with Crippen LogP contribution in [0.25, 0.3) is 0 Å². The molecule has 1 aliphatic carbocycles. The number of amides is 1. The first-order chi connectivity index (χ1) is 10.0. The summed E-state index contributed by atoms with van der Waals surface area (Å²) in [4.78, 5) is 14.0. The smallest absolute Gasteiger partial charge is 0.251 e. The van der Waals surface area contributed by atoms with E-state index >= 15 is 0 Å². The minimum Gasteiger partial charge on any atom is -0.380 e. The van der Waals surface area contributed by atoms with Crippen LogP contribution in [-0.4, -0.2) is 37.3 Å². The summed E-state index contributed by atoms with van der Waals surface area (Å²) < 4.78 is 0. The molecule has 0 heterocycles. The van der Waals surface area contributed by atoms with Crippen molar-refractivity contribution in [2.75, 3.05) is 25.5 Å². The number of aliphatic hydroxyl groups is 1. The van der Waals surface area contributed by atoms with Crippen LogP contribution in [0.4, 0.5) is 5.69 Å². The van der Waals surface area contributed by atoms with Crippen molar-refractivity contribution in [3.05, 3.63) is 29.8 Å². The number of carbonyl (C=O) groups excluding carboxylic acids is 1. The Hall–Kier alpha value is -1.55. The molecule has 0 bridgehead atoms. The molecule has 4 heteroatoms. The predicted octanol–water partition coefficient (Wildman–Crippen LogP) is 2.11. The summed E-state index contributed by atoms with van der Waals surface area (Å²) in [5, 5.41) is 13.0. The summed E-state index contributed by atoms with van der Waals surface area (Å²) in [6.07, 6.45) is 4.93. The van der Waals surface area contributed by atoms with E-state index in [1.165, 1.54) is 11.3 Å². The van der Waals surface area contributed by atoms with Crippen molar-refractivity contribution in [2.45, 2.75) is 44.1 Å². The lowest BCUT2D eigenvalue weighted by Crippen LogP contribution is -2.45. The summed E-state index contributed by atoms with van der Waals surface area (Å²) in [6.45, 7) is 0.622. The lowest BCUT2D eigenvalue weighted by atomic mass is 10.0. The quantitative estimate of drug-likeness (QED) is 0.789. The second-order valence-electron chi connectivity index (χ2n) is 6.16. The SMILES string of the molecule is CN(C)c1ccc(CCCNC(=O)C2(O)CCCC2)cc1. The maximum absolute atomic E-state index is 11.9. The van der Waals surface area contributed by atoms with Gasteiger partial charge in [0.2, 0.25) is 0 Å². The van der Waals surface area contributed by atoms with Gasteiger partial charge in [0.25, 0.3) is 5.91 Å². The maximum atomic E-state index is 11.9. The van der Waals surface area contributed by atoms with Gasteiger partial charge in [0.1, 0.15) is 5.60 Å². The van der Waals surface area contributed by atoms with Crippen LogP contribution in [0.2, 0.25) is 0 Å². The van der Waals surface area contributed by atoms with Crippen LogP contribution >= 0.6 is 0 Å². The molecular weight excluding hydrogens is 264 g/mol. The fourth-order valence-electron chi connectivity index (χ4n) is 2.81. The number of rotatable bonds is 6. The van der Waals surface area contributed by atoms with Crippen LogP contribution in [0.5, 0.6) is 0 Å². The first-order valence-electron chi connectivity index (χ1n) is 7.78. The highest BCUT2D eigenvalue weighted by Gasteiger charge is 2.38. The van der Waals surface area contributed by atoms with Crippen LogP contribution in [-0.2, 0) is 11.2 Å². The molecule has 2 N–H and O–H groups in total. The minimum absolute atomic E-state index is 0.192. The number of carbonyl (C=O) groups is 1. The van der Waals surface area contributed by atoms with Crippen LogP contribution < -0.4 is 10.2 Å². The second-order valence-corrected chi connectivity index (χ2v) is 6.16. The van der Waals surface area contributed by atoms with Gasteiger partial charge in [-0.15, -0.1) is 0 Å². The van der Waals surface area contributed by atoms with Crippen molar-refractivity contribution >= 4 is 11.6 Å². The summed E-state index contributed by atoms with van der Waals surface area (Å²) in [6, 6.07) is 8.47. The van der Waals surface area contributed by atoms with Crippen molar-refractivity contribution in [1.29, 1.82) is 0 Å². The van der Waals surface area contributed by atoms with E-state index in [-0.39, 0.29) is 5.91 Å². The van der Waals surface area contributed by atoms with Crippen molar-refractivity contribution in [1.82, 2.24) is 5.32 Å². The van der Waals surface area contributed by atoms with Gasteiger partial charge in [-0.25, -0.2) is 0 Å². The van der Waals surface area contributed by atoms with E-state index < -0.39 is 5.60 Å². The number of nitrogens with zero attached hydrogens (tertiary/aromatic N) is 1. The zero-order valence-corrected chi connectivity index (χ0v) is 13.1. The molecule has 0 aliphatic heterocycles. The third-order valence-electron chi connectivity index (χ3n) is 4.23. The summed E-state index contributed by atoms with van der Waals surface area (Å²) >= 11 is 0. The Morgan fingerprint density at radius 3 is 2.43 bits per heavy atom. The van der Waals surface area contributed by atoms with Gasteiger partial charge in [-0.2, -0.15) is 0 Å². The van der Waals surface area contributed by atoms with Crippen molar-refractivity contribution in [3.63, 3.8) is 0 Å². The molecule has 116 valence electrons. The highest BCUT2D eigenvalue weighted by molar-refractivity contribution is 5.85. The van der Waals surface area contributed by atoms with Gasteiger partial charge in [0.15, 0.2) is 0 Å². The third kappa shape index (κ3) is 4.21. The molecule has 1 fully saturated rings. The van der Waals surface area contributed by atoms with Crippen LogP contribution in [0, 0.1) is 0 Å². The molecule has 0 saturated heterocycles. The molecule has 0 unspecified atom stereocenters. The van der Waals surface area contributed by atoms with Gasteiger partial charge >= 0.3 is 0 Å². The Morgan fingerprint density at radius 2 is 1.86 bits per heavy atom. The molecule has 1 amide bonds. The third-order valence-corrected chi connectivity index (χ3v) is 4.23. The first-order valence-corrected chi connectivity index (χ1v) is 7.78. The van der Waals surface area contributed by atoms with Crippen LogP contribution in [0.15, 0.2) is 24.3 Å². The molecule has 21 heavy (non-hydrogen) atoms. The fourth-order valence-corrected chi connectivity index (χ4v) is 2.81. The summed E-state index contributed by atoms with van der Waals surface area (Å²) in [7, 11) is 4.05. The van der Waals surface area contributed by atoms with Gasteiger partial charge in [0.05, 0.1) is 0 Å². The van der Waals surface area contributed by atoms with Gasteiger partial charge < -0.3 is 15.3 Å². The van der Waals surface area contributed by atoms with E-state index in [1.807, 2.05) is 14.1 Å². The van der Waals surface area contributed by atoms with E-state index in [2.05, 4.69) is 34.5 Å². The predicted molar refractivity (Wildman–Crippen MR) is 85.5 cm³/mol. The van der Waals surface area contributed by atoms with E-state index in [1.54, 1.807) is 0 Å². The molecule has 1 aromatic rings. The Morgan fingerprint density at radius 1 is 1.24 bits per heavy atom. The zero-order valence-electron chi connectivity index (χ0n) is 13.1. The van der Waals surface area contributed by atoms with Crippen LogP contribution in [0.3, 0.4) is 0 Å². The topological polar surface area (TPSA) is 52.6 Å². The molecule has 0 radical (unpaired) electrons. The number of hydrogen-bond donors (Lipinski definition) is 2. The molecule has 0 atom stereocenters. The molecular formula is C17H26N2O2. The average molecular weight is 290 g/mol. The Bertz CT molecular complexity index is 462. The average Bonchev–Trinajstić information content (AvgIpc) is 2.92. The van der Waals surface area contributed by atoms with Crippen LogP contribution in [0.1, 0.15) is 37.7 Å². The lowest BCUT2D eigenvalue weighted by molar-refractivity contribution is -0.139. The minimum atomic E-state index is -1.10. The zero-order chi connectivity index (χ0) is 15.3. The van der Waals surface area contributed by atoms with Gasteiger partial charge in [-0.1, -0.05) is 12.1 Å². The normalized spacial score (nSPS) is 16.7. The molecule has 1 aliphatic rings. The maximum Gasteiger partial charge on any atom is 0.251 e. The van der Waals surface area contributed by atoms with Gasteiger partial charge in [-0.05, 0) is 56.2 Å². The van der Waals surface area contributed by atoms with Crippen molar-refractivity contribution in [2.24, 2.45) is 0 Å². The highest BCUT2D eigenvalue weighted by Crippen LogP contribution is 2.29. The number of benzene rings is 1. The summed E-state index contributed by atoms with van der Waals surface area (Å²) in [5.74, 6) is -0.192. The number of nitrogens with one attached hydrogen (secondary N) is 1. The molecule has 2 rings (SSSR count). The first kappa shape index (κ1) is 15.8. The lowest BCUT2D eigenvalue weighted by Gasteiger charge is -2.20. The Labute approximate surface area is 127 Å². The Kier molecular flexibility index (Phi) is 5.23. The molecule has 4 nitrogen and oxygen atoms in total. The largest absolute Gasteiger partial charge is 0.380 e. The van der Waals surface area contributed by atoms with Gasteiger partial charge in [0, 0.05) is 26.3 Å². The Balaban J connectivity index is 1.71. The van der Waals surface area contributed by atoms with E-state index in [0.29, 0.717) is 19.4 Å². The molecule has 0 aromatic heterocycles.